The van der Waals surface area contributed by atoms with Gasteiger partial charge in [0, 0.05) is 5.56 Å². The van der Waals surface area contributed by atoms with E-state index in [1.54, 1.807) is 0 Å². The van der Waals surface area contributed by atoms with Gasteiger partial charge >= 0.3 is 0 Å². The summed E-state index contributed by atoms with van der Waals surface area (Å²) in [6.07, 6.45) is 1.25. The number of carbonyl (C=O) groups excluding carboxylic acids is 1. The molecule has 3 nitrogen and oxygen atoms in total. The van der Waals surface area contributed by atoms with Crippen LogP contribution in [0.1, 0.15) is 10.4 Å². The smallest absolute Gasteiger partial charge is 0.153 e. The Morgan fingerprint density at radius 2 is 2.00 bits per heavy atom. The van der Waals surface area contributed by atoms with Gasteiger partial charge in [0.15, 0.2) is 12.1 Å². The molecule has 1 heterocycles. The highest BCUT2D eigenvalue weighted by Gasteiger charge is 2.11. The van der Waals surface area contributed by atoms with E-state index in [2.05, 4.69) is 4.98 Å². The Morgan fingerprint density at radius 3 is 2.67 bits per heavy atom. The van der Waals surface area contributed by atoms with Gasteiger partial charge in [0.1, 0.15) is 11.6 Å². The highest BCUT2D eigenvalue weighted by atomic mass is 19.1. The fourth-order valence-corrected chi connectivity index (χ4v) is 1.52. The van der Waals surface area contributed by atoms with E-state index in [4.69, 9.17) is 4.74 Å². The number of nitrogens with zero attached hydrogens (tertiary/aromatic N) is 1. The molecule has 0 aliphatic carbocycles. The summed E-state index contributed by atoms with van der Waals surface area (Å²) >= 11 is 0. The zero-order valence-electron chi connectivity index (χ0n) is 9.48. The van der Waals surface area contributed by atoms with Gasteiger partial charge in [-0.1, -0.05) is 0 Å². The van der Waals surface area contributed by atoms with Gasteiger partial charge < -0.3 is 4.74 Å². The van der Waals surface area contributed by atoms with Crippen LogP contribution in [0.2, 0.25) is 0 Å². The van der Waals surface area contributed by atoms with Crippen molar-refractivity contribution < 1.29 is 18.3 Å². The zero-order valence-corrected chi connectivity index (χ0v) is 9.48. The summed E-state index contributed by atoms with van der Waals surface area (Å²) in [5, 5.41) is 0. The first-order valence-electron chi connectivity index (χ1n) is 5.10. The number of hydrogen-bond acceptors (Lipinski definition) is 3. The number of rotatable bonds is 3. The molecule has 1 aromatic heterocycles. The van der Waals surface area contributed by atoms with Crippen LogP contribution in [0.5, 0.6) is 5.75 Å². The van der Waals surface area contributed by atoms with Crippen molar-refractivity contribution in [3.8, 4) is 17.0 Å². The minimum atomic E-state index is -0.739. The Balaban J connectivity index is 2.57. The Hall–Kier alpha value is -2.30. The standard InChI is InChI=1S/C13H9F2NO2/c1-18-9-2-3-11(14)10(5-9)13-4-8(7-17)12(15)6-16-13/h2-7H,1H3. The highest BCUT2D eigenvalue weighted by molar-refractivity contribution is 5.78. The SMILES string of the molecule is COc1ccc(F)c(-c2cc(C=O)c(F)cn2)c1. The molecular weight excluding hydrogens is 240 g/mol. The quantitative estimate of drug-likeness (QED) is 0.785. The summed E-state index contributed by atoms with van der Waals surface area (Å²) in [7, 11) is 1.45. The summed E-state index contributed by atoms with van der Waals surface area (Å²) < 4.78 is 31.7. The molecule has 18 heavy (non-hydrogen) atoms. The van der Waals surface area contributed by atoms with Crippen LogP contribution in [0.25, 0.3) is 11.3 Å². The molecule has 0 aliphatic rings. The Bertz CT molecular complexity index is 600. The Kier molecular flexibility index (Phi) is 3.32. The summed E-state index contributed by atoms with van der Waals surface area (Å²) in [4.78, 5) is 14.4. The number of aromatic nitrogens is 1. The maximum atomic E-state index is 13.7. The van der Waals surface area contributed by atoms with Crippen LogP contribution in [-0.4, -0.2) is 18.4 Å². The second kappa shape index (κ2) is 4.91. The van der Waals surface area contributed by atoms with Crippen molar-refractivity contribution in [1.29, 1.82) is 0 Å². The first-order chi connectivity index (χ1) is 8.65. The molecule has 2 rings (SSSR count). The molecule has 0 saturated carbocycles. The van der Waals surface area contributed by atoms with Crippen LogP contribution in [0.15, 0.2) is 30.5 Å². The summed E-state index contributed by atoms with van der Waals surface area (Å²) in [6.45, 7) is 0. The van der Waals surface area contributed by atoms with Crippen LogP contribution < -0.4 is 4.74 Å². The topological polar surface area (TPSA) is 39.2 Å². The van der Waals surface area contributed by atoms with E-state index in [9.17, 15) is 13.6 Å². The van der Waals surface area contributed by atoms with Gasteiger partial charge in [-0.3, -0.25) is 9.78 Å². The van der Waals surface area contributed by atoms with Gasteiger partial charge in [0.2, 0.25) is 0 Å². The zero-order chi connectivity index (χ0) is 13.1. The van der Waals surface area contributed by atoms with Crippen molar-refractivity contribution in [3.63, 3.8) is 0 Å². The van der Waals surface area contributed by atoms with Crippen LogP contribution in [0.3, 0.4) is 0 Å². The molecule has 0 atom stereocenters. The first-order valence-corrected chi connectivity index (χ1v) is 5.10. The normalized spacial score (nSPS) is 10.2. The largest absolute Gasteiger partial charge is 0.497 e. The van der Waals surface area contributed by atoms with Crippen molar-refractivity contribution in [2.24, 2.45) is 0 Å². The second-order valence-electron chi connectivity index (χ2n) is 3.55. The number of methoxy groups -OCH3 is 1. The number of carbonyl (C=O) groups is 1. The van der Waals surface area contributed by atoms with Crippen LogP contribution >= 0.6 is 0 Å². The Labute approximate surface area is 102 Å². The third kappa shape index (κ3) is 2.20. The highest BCUT2D eigenvalue weighted by Crippen LogP contribution is 2.26. The lowest BCUT2D eigenvalue weighted by Crippen LogP contribution is -1.95. The average molecular weight is 249 g/mol. The van der Waals surface area contributed by atoms with Gasteiger partial charge in [-0.05, 0) is 24.3 Å². The second-order valence-corrected chi connectivity index (χ2v) is 3.55. The van der Waals surface area contributed by atoms with Gasteiger partial charge in [0.05, 0.1) is 24.6 Å². The monoisotopic (exact) mass is 249 g/mol. The maximum Gasteiger partial charge on any atom is 0.153 e. The molecule has 92 valence electrons. The van der Waals surface area contributed by atoms with E-state index >= 15 is 0 Å². The third-order valence-corrected chi connectivity index (χ3v) is 2.46. The van der Waals surface area contributed by atoms with E-state index < -0.39 is 11.6 Å². The number of benzene rings is 1. The van der Waals surface area contributed by atoms with Crippen molar-refractivity contribution in [3.05, 3.63) is 47.7 Å². The molecular formula is C13H9F2NO2. The molecule has 0 bridgehead atoms. The van der Waals surface area contributed by atoms with E-state index in [1.165, 1.54) is 31.4 Å². The van der Waals surface area contributed by atoms with E-state index in [0.717, 1.165) is 6.20 Å². The number of pyridine rings is 1. The third-order valence-electron chi connectivity index (χ3n) is 2.46. The van der Waals surface area contributed by atoms with Gasteiger partial charge in [-0.15, -0.1) is 0 Å². The number of ether oxygens (including phenoxy) is 1. The minimum absolute atomic E-state index is 0.150. The fourth-order valence-electron chi connectivity index (χ4n) is 1.52. The molecule has 0 aliphatic heterocycles. The van der Waals surface area contributed by atoms with Crippen molar-refractivity contribution in [2.45, 2.75) is 0 Å². The summed E-state index contributed by atoms with van der Waals surface area (Å²) in [5.41, 5.74) is 0.162. The summed E-state index contributed by atoms with van der Waals surface area (Å²) in [6, 6.07) is 5.31. The predicted octanol–water partition coefficient (Wildman–Crippen LogP) is 2.85. The van der Waals surface area contributed by atoms with Gasteiger partial charge in [0.25, 0.3) is 0 Å². The van der Waals surface area contributed by atoms with Crippen LogP contribution in [-0.2, 0) is 0 Å². The molecule has 0 spiro atoms. The lowest BCUT2D eigenvalue weighted by Gasteiger charge is -2.06. The molecule has 0 fully saturated rings. The van der Waals surface area contributed by atoms with Crippen LogP contribution in [0.4, 0.5) is 8.78 Å². The van der Waals surface area contributed by atoms with Crippen molar-refractivity contribution in [2.75, 3.05) is 7.11 Å². The summed E-state index contributed by atoms with van der Waals surface area (Å²) in [5.74, 6) is -0.811. The first kappa shape index (κ1) is 12.2. The van der Waals surface area contributed by atoms with Gasteiger partial charge in [-0.25, -0.2) is 8.78 Å². The molecule has 2 aromatic rings. The van der Waals surface area contributed by atoms with Crippen molar-refractivity contribution >= 4 is 6.29 Å². The minimum Gasteiger partial charge on any atom is -0.497 e. The molecule has 1 aromatic carbocycles. The lowest BCUT2D eigenvalue weighted by molar-refractivity contribution is 0.111. The van der Waals surface area contributed by atoms with E-state index in [1.807, 2.05) is 0 Å². The van der Waals surface area contributed by atoms with Gasteiger partial charge in [-0.2, -0.15) is 0 Å². The maximum absolute atomic E-state index is 13.7. The van der Waals surface area contributed by atoms with Crippen LogP contribution in [0, 0.1) is 11.6 Å². The average Bonchev–Trinajstić information content (AvgIpc) is 2.40. The van der Waals surface area contributed by atoms with E-state index in [-0.39, 0.29) is 16.8 Å². The Morgan fingerprint density at radius 1 is 1.22 bits per heavy atom. The molecule has 5 heteroatoms. The molecule has 0 saturated heterocycles. The fraction of sp³-hybridized carbons (Fsp3) is 0.0769. The molecule has 0 radical (unpaired) electrons. The molecule has 0 amide bonds. The lowest BCUT2D eigenvalue weighted by atomic mass is 10.1. The number of aldehydes is 1. The molecule has 0 unspecified atom stereocenters. The van der Waals surface area contributed by atoms with Crippen molar-refractivity contribution in [1.82, 2.24) is 4.98 Å². The number of hydrogen-bond donors (Lipinski definition) is 0. The number of halogens is 2. The van der Waals surface area contributed by atoms with E-state index in [0.29, 0.717) is 12.0 Å². The molecule has 0 N–H and O–H groups in total. The predicted molar refractivity (Wildman–Crippen MR) is 61.5 cm³/mol.